The summed E-state index contributed by atoms with van der Waals surface area (Å²) in [5.41, 5.74) is 0.214. The van der Waals surface area contributed by atoms with Crippen LogP contribution >= 0.6 is 0 Å². The van der Waals surface area contributed by atoms with E-state index in [-0.39, 0.29) is 11.4 Å². The SMILES string of the molecule is N#Cc1ncccc1Oc1cccc(O)c1. The molecule has 16 heavy (non-hydrogen) atoms. The lowest BCUT2D eigenvalue weighted by Gasteiger charge is -2.06. The Morgan fingerprint density at radius 3 is 2.88 bits per heavy atom. The van der Waals surface area contributed by atoms with Crippen LogP contribution in [0.3, 0.4) is 0 Å². The summed E-state index contributed by atoms with van der Waals surface area (Å²) in [6.45, 7) is 0. The average Bonchev–Trinajstić information content (AvgIpc) is 2.30. The third-order valence-corrected chi connectivity index (χ3v) is 1.92. The summed E-state index contributed by atoms with van der Waals surface area (Å²) in [4.78, 5) is 3.87. The first-order valence-corrected chi connectivity index (χ1v) is 4.61. The monoisotopic (exact) mass is 212 g/mol. The zero-order chi connectivity index (χ0) is 11.4. The summed E-state index contributed by atoms with van der Waals surface area (Å²) in [6, 6.07) is 11.6. The molecule has 0 saturated carbocycles. The minimum Gasteiger partial charge on any atom is -0.508 e. The lowest BCUT2D eigenvalue weighted by atomic mass is 10.3. The van der Waals surface area contributed by atoms with Crippen LogP contribution in [0.15, 0.2) is 42.6 Å². The molecule has 4 heteroatoms. The maximum atomic E-state index is 9.26. The molecule has 2 rings (SSSR count). The fourth-order valence-corrected chi connectivity index (χ4v) is 1.23. The van der Waals surface area contributed by atoms with E-state index in [0.29, 0.717) is 11.5 Å². The number of phenolic OH excluding ortho intramolecular Hbond substituents is 1. The van der Waals surface area contributed by atoms with Gasteiger partial charge in [-0.05, 0) is 24.3 Å². The van der Waals surface area contributed by atoms with Gasteiger partial charge in [0.15, 0.2) is 11.4 Å². The smallest absolute Gasteiger partial charge is 0.183 e. The molecular weight excluding hydrogens is 204 g/mol. The van der Waals surface area contributed by atoms with E-state index in [1.165, 1.54) is 12.3 Å². The van der Waals surface area contributed by atoms with Crippen molar-refractivity contribution in [3.05, 3.63) is 48.3 Å². The van der Waals surface area contributed by atoms with Gasteiger partial charge in [0, 0.05) is 12.3 Å². The largest absolute Gasteiger partial charge is 0.508 e. The van der Waals surface area contributed by atoms with Crippen molar-refractivity contribution in [1.29, 1.82) is 5.26 Å². The molecular formula is C12H8N2O2. The highest BCUT2D eigenvalue weighted by Crippen LogP contribution is 2.25. The molecule has 1 aromatic heterocycles. The number of nitriles is 1. The van der Waals surface area contributed by atoms with Crippen molar-refractivity contribution in [1.82, 2.24) is 4.98 Å². The first-order valence-electron chi connectivity index (χ1n) is 4.61. The lowest BCUT2D eigenvalue weighted by Crippen LogP contribution is -1.90. The van der Waals surface area contributed by atoms with Gasteiger partial charge < -0.3 is 9.84 Å². The number of aromatic hydroxyl groups is 1. The van der Waals surface area contributed by atoms with Crippen molar-refractivity contribution in [2.75, 3.05) is 0 Å². The number of benzene rings is 1. The lowest BCUT2D eigenvalue weighted by molar-refractivity contribution is 0.453. The van der Waals surface area contributed by atoms with E-state index in [0.717, 1.165) is 0 Å². The Bertz CT molecular complexity index is 547. The molecule has 1 heterocycles. The van der Waals surface area contributed by atoms with E-state index in [4.69, 9.17) is 10.00 Å². The van der Waals surface area contributed by atoms with E-state index in [1.807, 2.05) is 6.07 Å². The van der Waals surface area contributed by atoms with Crippen molar-refractivity contribution in [2.45, 2.75) is 0 Å². The molecule has 4 nitrogen and oxygen atoms in total. The van der Waals surface area contributed by atoms with Crippen molar-refractivity contribution in [3.63, 3.8) is 0 Å². The number of phenols is 1. The summed E-state index contributed by atoms with van der Waals surface area (Å²) in [6.07, 6.45) is 1.52. The Kier molecular flexibility index (Phi) is 2.70. The van der Waals surface area contributed by atoms with Crippen molar-refractivity contribution >= 4 is 0 Å². The number of nitrogens with zero attached hydrogens (tertiary/aromatic N) is 2. The minimum atomic E-state index is 0.111. The Morgan fingerprint density at radius 2 is 2.12 bits per heavy atom. The van der Waals surface area contributed by atoms with Crippen LogP contribution in [0.2, 0.25) is 0 Å². The summed E-state index contributed by atoms with van der Waals surface area (Å²) in [5, 5.41) is 18.1. The Morgan fingerprint density at radius 1 is 1.25 bits per heavy atom. The normalized spacial score (nSPS) is 9.44. The van der Waals surface area contributed by atoms with Gasteiger partial charge in [0.25, 0.3) is 0 Å². The Balaban J connectivity index is 2.31. The molecule has 78 valence electrons. The van der Waals surface area contributed by atoms with Crippen molar-refractivity contribution in [3.8, 4) is 23.3 Å². The Labute approximate surface area is 92.4 Å². The van der Waals surface area contributed by atoms with Crippen LogP contribution in [0.5, 0.6) is 17.2 Å². The number of hydrogen-bond donors (Lipinski definition) is 1. The van der Waals surface area contributed by atoms with E-state index in [9.17, 15) is 5.11 Å². The van der Waals surface area contributed by atoms with Crippen LogP contribution in [0.25, 0.3) is 0 Å². The highest BCUT2D eigenvalue weighted by atomic mass is 16.5. The maximum Gasteiger partial charge on any atom is 0.183 e. The van der Waals surface area contributed by atoms with E-state index in [2.05, 4.69) is 4.98 Å². The van der Waals surface area contributed by atoms with E-state index < -0.39 is 0 Å². The molecule has 0 radical (unpaired) electrons. The first-order chi connectivity index (χ1) is 7.79. The molecule has 0 unspecified atom stereocenters. The van der Waals surface area contributed by atoms with Gasteiger partial charge in [-0.1, -0.05) is 6.07 Å². The van der Waals surface area contributed by atoms with Gasteiger partial charge in [-0.25, -0.2) is 4.98 Å². The summed E-state index contributed by atoms with van der Waals surface area (Å²) in [7, 11) is 0. The minimum absolute atomic E-state index is 0.111. The predicted octanol–water partition coefficient (Wildman–Crippen LogP) is 2.45. The average molecular weight is 212 g/mol. The highest BCUT2D eigenvalue weighted by Gasteiger charge is 2.04. The second-order valence-electron chi connectivity index (χ2n) is 3.06. The molecule has 0 aliphatic heterocycles. The fraction of sp³-hybridized carbons (Fsp3) is 0. The molecule has 0 aliphatic rings. The van der Waals surface area contributed by atoms with Crippen LogP contribution in [-0.4, -0.2) is 10.1 Å². The maximum absolute atomic E-state index is 9.26. The second kappa shape index (κ2) is 4.32. The molecule has 0 bridgehead atoms. The molecule has 0 aliphatic carbocycles. The van der Waals surface area contributed by atoms with Gasteiger partial charge in [0.1, 0.15) is 17.6 Å². The number of rotatable bonds is 2. The quantitative estimate of drug-likeness (QED) is 0.830. The molecule has 2 aromatic rings. The molecule has 0 saturated heterocycles. The van der Waals surface area contributed by atoms with Crippen molar-refractivity contribution in [2.24, 2.45) is 0 Å². The predicted molar refractivity (Wildman–Crippen MR) is 57.1 cm³/mol. The number of hydrogen-bond acceptors (Lipinski definition) is 4. The Hall–Kier alpha value is -2.54. The molecule has 1 N–H and O–H groups in total. The number of pyridine rings is 1. The zero-order valence-corrected chi connectivity index (χ0v) is 8.29. The molecule has 0 fully saturated rings. The van der Waals surface area contributed by atoms with Crippen LogP contribution in [0.1, 0.15) is 5.69 Å². The van der Waals surface area contributed by atoms with Gasteiger partial charge in [-0.15, -0.1) is 0 Å². The molecule has 0 spiro atoms. The number of ether oxygens (including phenoxy) is 1. The highest BCUT2D eigenvalue weighted by molar-refractivity contribution is 5.41. The molecule has 0 amide bonds. The van der Waals surface area contributed by atoms with E-state index in [1.54, 1.807) is 30.3 Å². The van der Waals surface area contributed by atoms with Crippen LogP contribution < -0.4 is 4.74 Å². The van der Waals surface area contributed by atoms with Crippen molar-refractivity contribution < 1.29 is 9.84 Å². The fourth-order valence-electron chi connectivity index (χ4n) is 1.23. The van der Waals surface area contributed by atoms with Gasteiger partial charge in [0.2, 0.25) is 0 Å². The first kappa shape index (κ1) is 9.99. The van der Waals surface area contributed by atoms with E-state index >= 15 is 0 Å². The van der Waals surface area contributed by atoms with Gasteiger partial charge in [0.05, 0.1) is 0 Å². The van der Waals surface area contributed by atoms with Crippen LogP contribution in [-0.2, 0) is 0 Å². The summed E-state index contributed by atoms with van der Waals surface area (Å²) < 4.78 is 5.44. The molecule has 0 atom stereocenters. The van der Waals surface area contributed by atoms with Crippen LogP contribution in [0.4, 0.5) is 0 Å². The van der Waals surface area contributed by atoms with Crippen LogP contribution in [0, 0.1) is 11.3 Å². The third-order valence-electron chi connectivity index (χ3n) is 1.92. The summed E-state index contributed by atoms with van der Waals surface area (Å²) >= 11 is 0. The van der Waals surface area contributed by atoms with Gasteiger partial charge in [-0.2, -0.15) is 5.26 Å². The van der Waals surface area contributed by atoms with Gasteiger partial charge in [-0.3, -0.25) is 0 Å². The topological polar surface area (TPSA) is 66.1 Å². The second-order valence-corrected chi connectivity index (χ2v) is 3.06. The number of aromatic nitrogens is 1. The summed E-state index contributed by atoms with van der Waals surface area (Å²) in [5.74, 6) is 0.944. The van der Waals surface area contributed by atoms with Gasteiger partial charge >= 0.3 is 0 Å². The molecule has 1 aromatic carbocycles. The zero-order valence-electron chi connectivity index (χ0n) is 8.29. The third kappa shape index (κ3) is 2.10. The standard InChI is InChI=1S/C12H8N2O2/c13-8-11-12(5-2-6-14-11)16-10-4-1-3-9(15)7-10/h1-7,15H.